The van der Waals surface area contributed by atoms with Gasteiger partial charge in [-0.1, -0.05) is 59.3 Å². The van der Waals surface area contributed by atoms with E-state index in [-0.39, 0.29) is 0 Å². The predicted molar refractivity (Wildman–Crippen MR) is 67.0 cm³/mol. The van der Waals surface area contributed by atoms with Gasteiger partial charge < -0.3 is 0 Å². The standard InChI is InChI=1S/C13H27Cl/c1-4-5-6-7-8-9-10-13(11-14)12(2)3/h12-13H,4-11H2,1-3H3. The highest BCUT2D eigenvalue weighted by molar-refractivity contribution is 6.18. The Balaban J connectivity index is 3.25. The maximum atomic E-state index is 5.93. The number of halogens is 1. The summed E-state index contributed by atoms with van der Waals surface area (Å²) in [6, 6.07) is 0. The lowest BCUT2D eigenvalue weighted by molar-refractivity contribution is 0.379. The maximum absolute atomic E-state index is 5.93. The molecule has 0 saturated heterocycles. The van der Waals surface area contributed by atoms with Crippen LogP contribution >= 0.6 is 11.6 Å². The fraction of sp³-hybridized carbons (Fsp3) is 1.00. The van der Waals surface area contributed by atoms with Crippen molar-refractivity contribution in [2.75, 3.05) is 5.88 Å². The quantitative estimate of drug-likeness (QED) is 0.366. The fourth-order valence-electron chi connectivity index (χ4n) is 1.78. The van der Waals surface area contributed by atoms with Crippen molar-refractivity contribution in [2.24, 2.45) is 11.8 Å². The van der Waals surface area contributed by atoms with E-state index in [0.717, 1.165) is 17.7 Å². The van der Waals surface area contributed by atoms with Gasteiger partial charge in [0.25, 0.3) is 0 Å². The second kappa shape index (κ2) is 9.83. The summed E-state index contributed by atoms with van der Waals surface area (Å²) in [4.78, 5) is 0. The third kappa shape index (κ3) is 7.67. The molecule has 0 aromatic carbocycles. The Morgan fingerprint density at radius 3 is 2.00 bits per heavy atom. The molecule has 14 heavy (non-hydrogen) atoms. The molecular weight excluding hydrogens is 192 g/mol. The van der Waals surface area contributed by atoms with Gasteiger partial charge in [0.05, 0.1) is 0 Å². The van der Waals surface area contributed by atoms with Crippen LogP contribution in [0.25, 0.3) is 0 Å². The molecule has 1 heteroatoms. The summed E-state index contributed by atoms with van der Waals surface area (Å²) in [7, 11) is 0. The molecule has 0 aromatic rings. The van der Waals surface area contributed by atoms with Crippen molar-refractivity contribution in [1.82, 2.24) is 0 Å². The van der Waals surface area contributed by atoms with Crippen LogP contribution in [0.5, 0.6) is 0 Å². The normalized spacial score (nSPS) is 13.5. The molecule has 0 aliphatic carbocycles. The molecule has 0 nitrogen and oxygen atoms in total. The van der Waals surface area contributed by atoms with Crippen molar-refractivity contribution in [1.29, 1.82) is 0 Å². The molecule has 0 heterocycles. The lowest BCUT2D eigenvalue weighted by Gasteiger charge is -2.17. The van der Waals surface area contributed by atoms with Gasteiger partial charge in [-0.2, -0.15) is 0 Å². The van der Waals surface area contributed by atoms with Crippen LogP contribution in [0.4, 0.5) is 0 Å². The zero-order chi connectivity index (χ0) is 10.8. The Morgan fingerprint density at radius 2 is 1.50 bits per heavy atom. The second-order valence-electron chi connectivity index (χ2n) is 4.71. The van der Waals surface area contributed by atoms with Gasteiger partial charge in [-0.15, -0.1) is 11.6 Å². The van der Waals surface area contributed by atoms with Crippen molar-refractivity contribution >= 4 is 11.6 Å². The van der Waals surface area contributed by atoms with Crippen LogP contribution in [0, 0.1) is 11.8 Å². The predicted octanol–water partition coefficient (Wildman–Crippen LogP) is 5.25. The van der Waals surface area contributed by atoms with Crippen molar-refractivity contribution < 1.29 is 0 Å². The van der Waals surface area contributed by atoms with Crippen molar-refractivity contribution in [3.63, 3.8) is 0 Å². The van der Waals surface area contributed by atoms with Crippen LogP contribution in [0.2, 0.25) is 0 Å². The van der Waals surface area contributed by atoms with Gasteiger partial charge in [-0.25, -0.2) is 0 Å². The minimum absolute atomic E-state index is 0.739. The van der Waals surface area contributed by atoms with E-state index in [1.807, 2.05) is 0 Å². The summed E-state index contributed by atoms with van der Waals surface area (Å²) in [5.74, 6) is 2.33. The SMILES string of the molecule is CCCCCCCCC(CCl)C(C)C. The summed E-state index contributed by atoms with van der Waals surface area (Å²) >= 11 is 5.93. The first kappa shape index (κ1) is 14.3. The first-order valence-corrected chi connectivity index (χ1v) is 6.81. The fourth-order valence-corrected chi connectivity index (χ4v) is 2.29. The van der Waals surface area contributed by atoms with Crippen LogP contribution < -0.4 is 0 Å². The molecule has 0 N–H and O–H groups in total. The number of hydrogen-bond acceptors (Lipinski definition) is 0. The van der Waals surface area contributed by atoms with Crippen LogP contribution in [0.3, 0.4) is 0 Å². The molecule has 0 saturated carbocycles. The number of alkyl halides is 1. The van der Waals surface area contributed by atoms with Crippen LogP contribution in [0.1, 0.15) is 65.7 Å². The van der Waals surface area contributed by atoms with Gasteiger partial charge in [0.1, 0.15) is 0 Å². The highest BCUT2D eigenvalue weighted by Gasteiger charge is 2.10. The van der Waals surface area contributed by atoms with Gasteiger partial charge in [-0.3, -0.25) is 0 Å². The topological polar surface area (TPSA) is 0 Å². The van der Waals surface area contributed by atoms with E-state index in [9.17, 15) is 0 Å². The molecule has 1 atom stereocenters. The van der Waals surface area contributed by atoms with Gasteiger partial charge in [0.15, 0.2) is 0 Å². The van der Waals surface area contributed by atoms with Crippen molar-refractivity contribution in [2.45, 2.75) is 65.7 Å². The van der Waals surface area contributed by atoms with E-state index in [4.69, 9.17) is 11.6 Å². The summed E-state index contributed by atoms with van der Waals surface area (Å²) < 4.78 is 0. The average molecular weight is 219 g/mol. The van der Waals surface area contributed by atoms with E-state index in [0.29, 0.717) is 0 Å². The third-order valence-corrected chi connectivity index (χ3v) is 3.47. The lowest BCUT2D eigenvalue weighted by Crippen LogP contribution is -2.10. The van der Waals surface area contributed by atoms with E-state index in [1.54, 1.807) is 0 Å². The van der Waals surface area contributed by atoms with Gasteiger partial charge in [0, 0.05) is 5.88 Å². The molecule has 1 unspecified atom stereocenters. The Morgan fingerprint density at radius 1 is 0.929 bits per heavy atom. The molecule has 0 aromatic heterocycles. The van der Waals surface area contributed by atoms with Crippen LogP contribution in [0.15, 0.2) is 0 Å². The molecular formula is C13H27Cl. The van der Waals surface area contributed by atoms with E-state index < -0.39 is 0 Å². The van der Waals surface area contributed by atoms with Crippen LogP contribution in [-0.4, -0.2) is 5.88 Å². The zero-order valence-electron chi connectivity index (χ0n) is 10.2. The Hall–Kier alpha value is 0.290. The van der Waals surface area contributed by atoms with Crippen LogP contribution in [-0.2, 0) is 0 Å². The lowest BCUT2D eigenvalue weighted by atomic mass is 9.92. The molecule has 0 aliphatic heterocycles. The Labute approximate surface area is 95.4 Å². The van der Waals surface area contributed by atoms with Crippen molar-refractivity contribution in [3.8, 4) is 0 Å². The van der Waals surface area contributed by atoms with E-state index in [1.165, 1.54) is 44.9 Å². The Kier molecular flexibility index (Phi) is 10.0. The smallest absolute Gasteiger partial charge is 0.0254 e. The monoisotopic (exact) mass is 218 g/mol. The van der Waals surface area contributed by atoms with Gasteiger partial charge >= 0.3 is 0 Å². The molecule has 0 amide bonds. The number of hydrogen-bond donors (Lipinski definition) is 0. The largest absolute Gasteiger partial charge is 0.126 e. The number of unbranched alkanes of at least 4 members (excludes halogenated alkanes) is 5. The van der Waals surface area contributed by atoms with Crippen molar-refractivity contribution in [3.05, 3.63) is 0 Å². The average Bonchev–Trinajstić information content (AvgIpc) is 2.16. The minimum atomic E-state index is 0.739. The maximum Gasteiger partial charge on any atom is 0.0254 e. The second-order valence-corrected chi connectivity index (χ2v) is 5.02. The summed E-state index contributed by atoms with van der Waals surface area (Å²) in [5, 5.41) is 0. The summed E-state index contributed by atoms with van der Waals surface area (Å²) in [6.07, 6.45) is 9.69. The molecule has 0 spiro atoms. The van der Waals surface area contributed by atoms with E-state index >= 15 is 0 Å². The zero-order valence-corrected chi connectivity index (χ0v) is 10.9. The highest BCUT2D eigenvalue weighted by Crippen LogP contribution is 2.20. The van der Waals surface area contributed by atoms with Gasteiger partial charge in [-0.05, 0) is 18.3 Å². The van der Waals surface area contributed by atoms with E-state index in [2.05, 4.69) is 20.8 Å². The molecule has 86 valence electrons. The summed E-state index contributed by atoms with van der Waals surface area (Å²) in [5.41, 5.74) is 0. The molecule has 0 fully saturated rings. The molecule has 0 rings (SSSR count). The Bertz CT molecular complexity index is 110. The molecule has 0 bridgehead atoms. The molecule has 0 radical (unpaired) electrons. The molecule has 0 aliphatic rings. The number of rotatable bonds is 9. The first-order chi connectivity index (χ1) is 6.72. The first-order valence-electron chi connectivity index (χ1n) is 6.28. The summed E-state index contributed by atoms with van der Waals surface area (Å²) in [6.45, 7) is 6.83. The highest BCUT2D eigenvalue weighted by atomic mass is 35.5. The van der Waals surface area contributed by atoms with Gasteiger partial charge in [0.2, 0.25) is 0 Å². The third-order valence-electron chi connectivity index (χ3n) is 3.07. The minimum Gasteiger partial charge on any atom is -0.126 e.